The second kappa shape index (κ2) is 11.6. The van der Waals surface area contributed by atoms with Crippen molar-refractivity contribution >= 4 is 28.8 Å². The summed E-state index contributed by atoms with van der Waals surface area (Å²) in [5.41, 5.74) is 2.27. The van der Waals surface area contributed by atoms with Gasteiger partial charge in [-0.2, -0.15) is 0 Å². The van der Waals surface area contributed by atoms with E-state index in [4.69, 9.17) is 11.6 Å². The monoisotopic (exact) mass is 392 g/mol. The van der Waals surface area contributed by atoms with Gasteiger partial charge in [-0.05, 0) is 37.3 Å². The van der Waals surface area contributed by atoms with Crippen LogP contribution in [-0.4, -0.2) is 32.0 Å². The van der Waals surface area contributed by atoms with Crippen LogP contribution in [0.4, 0.5) is 15.8 Å². The van der Waals surface area contributed by atoms with Gasteiger partial charge < -0.3 is 9.80 Å². The van der Waals surface area contributed by atoms with Crippen molar-refractivity contribution in [1.82, 2.24) is 0 Å². The van der Waals surface area contributed by atoms with Crippen LogP contribution in [0.15, 0.2) is 42.5 Å². The Bertz CT molecular complexity index is 728. The van der Waals surface area contributed by atoms with Crippen molar-refractivity contribution in [1.29, 1.82) is 0 Å². The van der Waals surface area contributed by atoms with E-state index in [1.54, 1.807) is 19.1 Å². The molecular weight excluding hydrogens is 363 g/mol. The third-order valence-corrected chi connectivity index (χ3v) is 4.39. The van der Waals surface area contributed by atoms with E-state index in [2.05, 4.69) is 4.90 Å². The highest BCUT2D eigenvalue weighted by Crippen LogP contribution is 2.27. The maximum atomic E-state index is 14.0. The molecule has 148 valence electrons. The fourth-order valence-corrected chi connectivity index (χ4v) is 3.13. The topological polar surface area (TPSA) is 23.6 Å². The van der Waals surface area contributed by atoms with E-state index >= 15 is 0 Å². The van der Waals surface area contributed by atoms with Gasteiger partial charge in [0.05, 0.1) is 5.69 Å². The van der Waals surface area contributed by atoms with Gasteiger partial charge in [0, 0.05) is 42.5 Å². The Hall–Kier alpha value is -2.07. The van der Waals surface area contributed by atoms with E-state index in [0.717, 1.165) is 24.3 Å². The molecule has 2 aromatic carbocycles. The molecule has 0 radical (unpaired) electrons. The third kappa shape index (κ3) is 5.96. The molecule has 5 heteroatoms. The number of ketones is 1. The lowest BCUT2D eigenvalue weighted by molar-refractivity contribution is 0.101. The second-order valence-electron chi connectivity index (χ2n) is 5.64. The van der Waals surface area contributed by atoms with Crippen LogP contribution < -0.4 is 9.80 Å². The molecule has 1 fully saturated rings. The van der Waals surface area contributed by atoms with Crippen LogP contribution in [0.3, 0.4) is 0 Å². The molecule has 0 bridgehead atoms. The van der Waals surface area contributed by atoms with Crippen LogP contribution in [0.5, 0.6) is 0 Å². The molecule has 1 saturated heterocycles. The van der Waals surface area contributed by atoms with Crippen molar-refractivity contribution in [3.8, 4) is 0 Å². The van der Waals surface area contributed by atoms with Gasteiger partial charge in [-0.3, -0.25) is 4.79 Å². The van der Waals surface area contributed by atoms with Gasteiger partial charge in [-0.15, -0.1) is 0 Å². The summed E-state index contributed by atoms with van der Waals surface area (Å²) in [5.74, 6) is -0.234. The van der Waals surface area contributed by atoms with E-state index in [-0.39, 0.29) is 11.6 Å². The number of anilines is 2. The highest BCUT2D eigenvalue weighted by molar-refractivity contribution is 6.30. The summed E-state index contributed by atoms with van der Waals surface area (Å²) < 4.78 is 14.0. The summed E-state index contributed by atoms with van der Waals surface area (Å²) in [7, 11) is 0. The number of benzene rings is 2. The molecule has 3 rings (SSSR count). The zero-order valence-electron chi connectivity index (χ0n) is 16.9. The first-order chi connectivity index (χ1) is 13.1. The van der Waals surface area contributed by atoms with Crippen LogP contribution in [0.2, 0.25) is 5.02 Å². The number of hydrogen-bond donors (Lipinski definition) is 0. The van der Waals surface area contributed by atoms with Crippen molar-refractivity contribution < 1.29 is 9.18 Å². The van der Waals surface area contributed by atoms with Crippen LogP contribution in [-0.2, 0) is 0 Å². The Balaban J connectivity index is 0.000000855. The number of nitrogens with zero attached hydrogens (tertiary/aromatic N) is 2. The van der Waals surface area contributed by atoms with E-state index in [9.17, 15) is 9.18 Å². The second-order valence-corrected chi connectivity index (χ2v) is 6.08. The molecule has 0 spiro atoms. The first kappa shape index (κ1) is 23.0. The fourth-order valence-electron chi connectivity index (χ4n) is 2.97. The smallest absolute Gasteiger partial charge is 0.161 e. The number of para-hydroxylation sites is 1. The first-order valence-corrected chi connectivity index (χ1v) is 9.99. The molecule has 2 aromatic rings. The molecule has 3 nitrogen and oxygen atoms in total. The molecule has 0 amide bonds. The Kier molecular flexibility index (Phi) is 9.87. The summed E-state index contributed by atoms with van der Waals surface area (Å²) >= 11 is 5.81. The molecule has 1 aliphatic rings. The summed E-state index contributed by atoms with van der Waals surface area (Å²) in [6, 6.07) is 12.4. The average Bonchev–Trinajstić information content (AvgIpc) is 2.71. The van der Waals surface area contributed by atoms with Crippen LogP contribution in [0.1, 0.15) is 45.0 Å². The van der Waals surface area contributed by atoms with Gasteiger partial charge >= 0.3 is 0 Å². The van der Waals surface area contributed by atoms with Gasteiger partial charge in [-0.25, -0.2) is 4.39 Å². The van der Waals surface area contributed by atoms with Gasteiger partial charge in [0.15, 0.2) is 5.78 Å². The maximum Gasteiger partial charge on any atom is 0.161 e. The van der Waals surface area contributed by atoms with E-state index in [0.29, 0.717) is 23.8 Å². The fraction of sp³-hybridized carbons (Fsp3) is 0.409. The first-order valence-electron chi connectivity index (χ1n) is 9.61. The van der Waals surface area contributed by atoms with Crippen LogP contribution >= 0.6 is 11.6 Å². The standard InChI is InChI=1S/C18H18ClFN2O.2C2H6/c1-13(23)15-4-2-3-5-17(15)21-8-10-22(11-9-21)18-7-6-14(19)12-16(18)20;2*1-2/h2-7,12H,8-11H2,1H3;2*1-2H3. The summed E-state index contributed by atoms with van der Waals surface area (Å²) in [4.78, 5) is 16.0. The van der Waals surface area contributed by atoms with Crippen LogP contribution in [0, 0.1) is 5.82 Å². The maximum absolute atomic E-state index is 14.0. The molecule has 27 heavy (non-hydrogen) atoms. The Labute approximate surface area is 167 Å². The van der Waals surface area contributed by atoms with E-state index < -0.39 is 0 Å². The van der Waals surface area contributed by atoms with Gasteiger partial charge in [0.2, 0.25) is 0 Å². The molecule has 0 N–H and O–H groups in total. The average molecular weight is 393 g/mol. The lowest BCUT2D eigenvalue weighted by Gasteiger charge is -2.38. The highest BCUT2D eigenvalue weighted by Gasteiger charge is 2.22. The highest BCUT2D eigenvalue weighted by atomic mass is 35.5. The largest absolute Gasteiger partial charge is 0.367 e. The SMILES string of the molecule is CC.CC.CC(=O)c1ccccc1N1CCN(c2ccc(Cl)cc2F)CC1. The lowest BCUT2D eigenvalue weighted by atomic mass is 10.1. The number of carbonyl (C=O) groups is 1. The minimum Gasteiger partial charge on any atom is -0.367 e. The van der Waals surface area contributed by atoms with E-state index in [1.807, 2.05) is 56.9 Å². The van der Waals surface area contributed by atoms with Gasteiger partial charge in [0.25, 0.3) is 0 Å². The van der Waals surface area contributed by atoms with Crippen molar-refractivity contribution in [3.63, 3.8) is 0 Å². The molecule has 1 heterocycles. The van der Waals surface area contributed by atoms with Crippen molar-refractivity contribution in [3.05, 3.63) is 58.9 Å². The van der Waals surface area contributed by atoms with Crippen molar-refractivity contribution in [2.45, 2.75) is 34.6 Å². The molecule has 0 aliphatic carbocycles. The third-order valence-electron chi connectivity index (χ3n) is 4.15. The number of halogens is 2. The number of hydrogen-bond acceptors (Lipinski definition) is 3. The summed E-state index contributed by atoms with van der Waals surface area (Å²) in [6.45, 7) is 12.5. The number of Topliss-reactive ketones (excluding diaryl/α,β-unsaturated/α-hetero) is 1. The Morgan fingerprint density at radius 3 is 1.93 bits per heavy atom. The predicted octanol–water partition coefficient (Wildman–Crippen LogP) is 6.06. The minimum atomic E-state index is -0.296. The Morgan fingerprint density at radius 1 is 0.889 bits per heavy atom. The van der Waals surface area contributed by atoms with Crippen LogP contribution in [0.25, 0.3) is 0 Å². The lowest BCUT2D eigenvalue weighted by Crippen LogP contribution is -2.47. The zero-order chi connectivity index (χ0) is 20.4. The number of carbonyl (C=O) groups excluding carboxylic acids is 1. The summed E-state index contributed by atoms with van der Waals surface area (Å²) in [6.07, 6.45) is 0. The molecule has 0 atom stereocenters. The quantitative estimate of drug-likeness (QED) is 0.593. The molecule has 0 saturated carbocycles. The molecule has 1 aliphatic heterocycles. The minimum absolute atomic E-state index is 0.0618. The van der Waals surface area contributed by atoms with Crippen molar-refractivity contribution in [2.75, 3.05) is 36.0 Å². The van der Waals surface area contributed by atoms with Gasteiger partial charge in [0.1, 0.15) is 5.82 Å². The normalized spacial score (nSPS) is 13.1. The Morgan fingerprint density at radius 2 is 1.41 bits per heavy atom. The zero-order valence-corrected chi connectivity index (χ0v) is 17.7. The molecular formula is C22H30ClFN2O. The van der Waals surface area contributed by atoms with Gasteiger partial charge in [-0.1, -0.05) is 51.4 Å². The molecule has 0 unspecified atom stereocenters. The van der Waals surface area contributed by atoms with E-state index in [1.165, 1.54) is 6.07 Å². The summed E-state index contributed by atoms with van der Waals surface area (Å²) in [5, 5.41) is 0.403. The number of piperazine rings is 1. The predicted molar refractivity (Wildman–Crippen MR) is 115 cm³/mol. The number of rotatable bonds is 3. The van der Waals surface area contributed by atoms with Crippen molar-refractivity contribution in [2.24, 2.45) is 0 Å². The molecule has 0 aromatic heterocycles.